The summed E-state index contributed by atoms with van der Waals surface area (Å²) in [4.78, 5) is 16.2. The van der Waals surface area contributed by atoms with Gasteiger partial charge in [0.05, 0.1) is 32.1 Å². The Balaban J connectivity index is 2.26. The first-order valence-corrected chi connectivity index (χ1v) is 7.78. The van der Waals surface area contributed by atoms with Gasteiger partial charge in [0, 0.05) is 22.6 Å². The topological polar surface area (TPSA) is 89.3 Å². The van der Waals surface area contributed by atoms with E-state index in [2.05, 4.69) is 10.1 Å². The van der Waals surface area contributed by atoms with Crippen LogP contribution in [0.25, 0.3) is 22.3 Å². The Hall–Kier alpha value is -3.09. The van der Waals surface area contributed by atoms with Gasteiger partial charge in [0.2, 0.25) is 0 Å². The van der Waals surface area contributed by atoms with E-state index in [9.17, 15) is 9.90 Å². The SMILES string of the molecule is COc1ccc(-c2cc(C(=O)[O-])c3cnn(C(C)C)c3n2)cc1OC. The van der Waals surface area contributed by atoms with Crippen LogP contribution in [0.5, 0.6) is 11.5 Å². The molecule has 2 heterocycles. The second kappa shape index (κ2) is 6.43. The Morgan fingerprint density at radius 3 is 2.48 bits per heavy atom. The van der Waals surface area contributed by atoms with Gasteiger partial charge in [-0.15, -0.1) is 0 Å². The maximum absolute atomic E-state index is 11.6. The van der Waals surface area contributed by atoms with Crippen molar-refractivity contribution in [3.05, 3.63) is 36.0 Å². The first kappa shape index (κ1) is 16.8. The number of carbonyl (C=O) groups is 1. The Bertz CT molecular complexity index is 947. The number of ether oxygens (including phenoxy) is 2. The van der Waals surface area contributed by atoms with Crippen molar-refractivity contribution < 1.29 is 19.4 Å². The van der Waals surface area contributed by atoms with E-state index in [0.717, 1.165) is 0 Å². The normalized spacial score (nSPS) is 11.1. The van der Waals surface area contributed by atoms with Gasteiger partial charge in [0.15, 0.2) is 17.1 Å². The average Bonchev–Trinajstić information content (AvgIpc) is 3.04. The number of methoxy groups -OCH3 is 2. The molecule has 0 unspecified atom stereocenters. The van der Waals surface area contributed by atoms with Crippen molar-refractivity contribution in [2.24, 2.45) is 0 Å². The van der Waals surface area contributed by atoms with E-state index >= 15 is 0 Å². The van der Waals surface area contributed by atoms with Crippen LogP contribution in [-0.2, 0) is 0 Å². The van der Waals surface area contributed by atoms with Crippen molar-refractivity contribution in [3.8, 4) is 22.8 Å². The van der Waals surface area contributed by atoms with E-state index in [1.807, 2.05) is 13.8 Å². The minimum absolute atomic E-state index is 0.0419. The average molecular weight is 340 g/mol. The molecule has 0 aliphatic rings. The van der Waals surface area contributed by atoms with Gasteiger partial charge < -0.3 is 19.4 Å². The monoisotopic (exact) mass is 340 g/mol. The van der Waals surface area contributed by atoms with Gasteiger partial charge in [-0.05, 0) is 38.1 Å². The molecule has 0 aliphatic heterocycles. The molecule has 2 aromatic heterocycles. The molecule has 130 valence electrons. The molecule has 7 heteroatoms. The van der Waals surface area contributed by atoms with E-state index in [4.69, 9.17) is 9.47 Å². The van der Waals surface area contributed by atoms with Gasteiger partial charge >= 0.3 is 0 Å². The van der Waals surface area contributed by atoms with Crippen molar-refractivity contribution in [1.29, 1.82) is 0 Å². The molecule has 0 spiro atoms. The summed E-state index contributed by atoms with van der Waals surface area (Å²) in [6.45, 7) is 3.91. The number of benzene rings is 1. The van der Waals surface area contributed by atoms with Crippen LogP contribution in [0.3, 0.4) is 0 Å². The number of aromatic nitrogens is 3. The third kappa shape index (κ3) is 2.88. The van der Waals surface area contributed by atoms with E-state index in [1.54, 1.807) is 37.1 Å². The fourth-order valence-electron chi connectivity index (χ4n) is 2.71. The second-order valence-electron chi connectivity index (χ2n) is 5.83. The molecule has 0 fully saturated rings. The lowest BCUT2D eigenvalue weighted by molar-refractivity contribution is -0.254. The zero-order chi connectivity index (χ0) is 18.1. The molecular weight excluding hydrogens is 322 g/mol. The maximum Gasteiger partial charge on any atom is 0.161 e. The molecular formula is C18H18N3O4-. The van der Waals surface area contributed by atoms with Crippen molar-refractivity contribution in [3.63, 3.8) is 0 Å². The van der Waals surface area contributed by atoms with Crippen LogP contribution < -0.4 is 14.6 Å². The number of aromatic carboxylic acids is 1. The quantitative estimate of drug-likeness (QED) is 0.706. The zero-order valence-corrected chi connectivity index (χ0v) is 14.4. The lowest BCUT2D eigenvalue weighted by Crippen LogP contribution is -2.22. The fraction of sp³-hybridized carbons (Fsp3) is 0.278. The number of pyridine rings is 1. The van der Waals surface area contributed by atoms with Crippen LogP contribution in [-0.4, -0.2) is 35.0 Å². The summed E-state index contributed by atoms with van der Waals surface area (Å²) >= 11 is 0. The van der Waals surface area contributed by atoms with Crippen LogP contribution >= 0.6 is 0 Å². The molecule has 0 atom stereocenters. The van der Waals surface area contributed by atoms with E-state index in [1.165, 1.54) is 12.3 Å². The minimum atomic E-state index is -1.27. The van der Waals surface area contributed by atoms with Gasteiger partial charge in [-0.2, -0.15) is 5.10 Å². The van der Waals surface area contributed by atoms with Crippen molar-refractivity contribution >= 4 is 17.0 Å². The first-order chi connectivity index (χ1) is 12.0. The molecule has 0 radical (unpaired) electrons. The van der Waals surface area contributed by atoms with E-state index in [0.29, 0.717) is 33.8 Å². The molecule has 0 amide bonds. The van der Waals surface area contributed by atoms with Crippen LogP contribution in [0.2, 0.25) is 0 Å². The number of carboxylic acids is 1. The highest BCUT2D eigenvalue weighted by Crippen LogP contribution is 2.33. The largest absolute Gasteiger partial charge is 0.545 e. The molecule has 3 aromatic rings. The Morgan fingerprint density at radius 1 is 1.16 bits per heavy atom. The van der Waals surface area contributed by atoms with E-state index < -0.39 is 5.97 Å². The van der Waals surface area contributed by atoms with E-state index in [-0.39, 0.29) is 11.6 Å². The highest BCUT2D eigenvalue weighted by atomic mass is 16.5. The molecule has 7 nitrogen and oxygen atoms in total. The minimum Gasteiger partial charge on any atom is -0.545 e. The van der Waals surface area contributed by atoms with Crippen LogP contribution in [0.4, 0.5) is 0 Å². The molecule has 0 saturated heterocycles. The molecule has 0 N–H and O–H groups in total. The van der Waals surface area contributed by atoms with Crippen LogP contribution in [0.15, 0.2) is 30.5 Å². The van der Waals surface area contributed by atoms with Gasteiger partial charge in [-0.25, -0.2) is 9.67 Å². The van der Waals surface area contributed by atoms with Crippen LogP contribution in [0.1, 0.15) is 30.2 Å². The summed E-state index contributed by atoms with van der Waals surface area (Å²) < 4.78 is 12.2. The van der Waals surface area contributed by atoms with Gasteiger partial charge in [-0.3, -0.25) is 0 Å². The maximum atomic E-state index is 11.6. The fourth-order valence-corrected chi connectivity index (χ4v) is 2.71. The smallest absolute Gasteiger partial charge is 0.161 e. The van der Waals surface area contributed by atoms with Crippen LogP contribution in [0, 0.1) is 0 Å². The molecule has 0 aliphatic carbocycles. The van der Waals surface area contributed by atoms with Crippen molar-refractivity contribution in [2.45, 2.75) is 19.9 Å². The van der Waals surface area contributed by atoms with Gasteiger partial charge in [0.25, 0.3) is 0 Å². The highest BCUT2D eigenvalue weighted by molar-refractivity contribution is 6.01. The number of fused-ring (bicyclic) bond motifs is 1. The predicted octanol–water partition coefficient (Wildman–Crippen LogP) is 2.06. The number of carboxylic acid groups (broad SMARTS) is 1. The predicted molar refractivity (Wildman–Crippen MR) is 90.8 cm³/mol. The number of carbonyl (C=O) groups excluding carboxylic acids is 1. The number of hydrogen-bond donors (Lipinski definition) is 0. The summed E-state index contributed by atoms with van der Waals surface area (Å²) in [6, 6.07) is 6.83. The summed E-state index contributed by atoms with van der Waals surface area (Å²) in [5.74, 6) is -0.147. The molecule has 0 bridgehead atoms. The standard InChI is InChI=1S/C18H19N3O4/c1-10(2)21-17-13(9-19-21)12(18(22)23)8-14(20-17)11-5-6-15(24-3)16(7-11)25-4/h5-10H,1-4H3,(H,22,23)/p-1. The van der Waals surface area contributed by atoms with Crippen molar-refractivity contribution in [1.82, 2.24) is 14.8 Å². The molecule has 1 aromatic carbocycles. The van der Waals surface area contributed by atoms with Crippen molar-refractivity contribution in [2.75, 3.05) is 14.2 Å². The summed E-state index contributed by atoms with van der Waals surface area (Å²) in [5, 5.41) is 16.3. The number of rotatable bonds is 5. The lowest BCUT2D eigenvalue weighted by atomic mass is 10.1. The van der Waals surface area contributed by atoms with Gasteiger partial charge in [-0.1, -0.05) is 0 Å². The molecule has 25 heavy (non-hydrogen) atoms. The Labute approximate surface area is 144 Å². The second-order valence-corrected chi connectivity index (χ2v) is 5.83. The summed E-state index contributed by atoms with van der Waals surface area (Å²) in [6.07, 6.45) is 1.51. The summed E-state index contributed by atoms with van der Waals surface area (Å²) in [5.41, 5.74) is 1.76. The first-order valence-electron chi connectivity index (χ1n) is 7.78. The Kier molecular flexibility index (Phi) is 4.31. The lowest BCUT2D eigenvalue weighted by Gasteiger charge is -2.13. The molecule has 0 saturated carbocycles. The summed E-state index contributed by atoms with van der Waals surface area (Å²) in [7, 11) is 3.09. The highest BCUT2D eigenvalue weighted by Gasteiger charge is 2.15. The number of hydrogen-bond acceptors (Lipinski definition) is 6. The van der Waals surface area contributed by atoms with Gasteiger partial charge in [0.1, 0.15) is 0 Å². The zero-order valence-electron chi connectivity index (χ0n) is 14.4. The molecule has 3 rings (SSSR count). The number of nitrogens with zero attached hydrogens (tertiary/aromatic N) is 3. The Morgan fingerprint density at radius 2 is 1.88 bits per heavy atom. The third-order valence-electron chi connectivity index (χ3n) is 3.96. The third-order valence-corrected chi connectivity index (χ3v) is 3.96.